The normalized spacial score (nSPS) is 26.6. The van der Waals surface area contributed by atoms with Crippen LogP contribution in [0.15, 0.2) is 42.2 Å². The Morgan fingerprint density at radius 2 is 1.55 bits per heavy atom. The quantitative estimate of drug-likeness (QED) is 0.225. The molecular formula is C21H24O10. The van der Waals surface area contributed by atoms with E-state index in [2.05, 4.69) is 0 Å². The molecular weight excluding hydrogens is 412 g/mol. The predicted molar refractivity (Wildman–Crippen MR) is 106 cm³/mol. The Labute approximate surface area is 177 Å². The Kier molecular flexibility index (Phi) is 6.88. The maximum atomic E-state index is 10.3. The SMILES string of the molecule is OCC1O[C@@H](O/C(=C/c2c(O)cccc2O)Cc2ccc(O)c(O)c2)C(O)[C@@H](O)[C@@H]1O. The smallest absolute Gasteiger partial charge is 0.228 e. The van der Waals surface area contributed by atoms with E-state index in [1.807, 2.05) is 0 Å². The van der Waals surface area contributed by atoms with Crippen LogP contribution in [-0.2, 0) is 15.9 Å². The van der Waals surface area contributed by atoms with Crippen molar-refractivity contribution in [3.8, 4) is 23.0 Å². The highest BCUT2D eigenvalue weighted by Gasteiger charge is 2.44. The van der Waals surface area contributed by atoms with E-state index in [0.29, 0.717) is 5.56 Å². The Morgan fingerprint density at radius 3 is 2.16 bits per heavy atom. The van der Waals surface area contributed by atoms with Crippen molar-refractivity contribution in [3.05, 3.63) is 53.3 Å². The van der Waals surface area contributed by atoms with Crippen LogP contribution in [0.2, 0.25) is 0 Å². The molecule has 168 valence electrons. The van der Waals surface area contributed by atoms with Crippen molar-refractivity contribution in [2.75, 3.05) is 6.61 Å². The summed E-state index contributed by atoms with van der Waals surface area (Å²) in [5.74, 6) is -1.20. The largest absolute Gasteiger partial charge is 0.507 e. The van der Waals surface area contributed by atoms with E-state index in [9.17, 15) is 40.9 Å². The minimum Gasteiger partial charge on any atom is -0.507 e. The number of hydrogen-bond acceptors (Lipinski definition) is 10. The molecule has 0 amide bonds. The first-order valence-corrected chi connectivity index (χ1v) is 9.40. The summed E-state index contributed by atoms with van der Waals surface area (Å²) in [5.41, 5.74) is 0.464. The molecule has 8 N–H and O–H groups in total. The van der Waals surface area contributed by atoms with E-state index in [4.69, 9.17) is 9.47 Å². The van der Waals surface area contributed by atoms with Crippen molar-refractivity contribution in [1.29, 1.82) is 0 Å². The van der Waals surface area contributed by atoms with Crippen LogP contribution in [0, 0.1) is 0 Å². The number of phenolic OH excluding ortho intramolecular Hbond substituents is 4. The van der Waals surface area contributed by atoms with Gasteiger partial charge in [-0.25, -0.2) is 0 Å². The molecule has 0 aliphatic carbocycles. The number of aliphatic hydroxyl groups excluding tert-OH is 4. The first-order chi connectivity index (χ1) is 14.7. The van der Waals surface area contributed by atoms with Crippen LogP contribution in [0.5, 0.6) is 23.0 Å². The summed E-state index contributed by atoms with van der Waals surface area (Å²) in [6.07, 6.45) is -6.36. The van der Waals surface area contributed by atoms with E-state index in [-0.39, 0.29) is 40.7 Å². The highest BCUT2D eigenvalue weighted by molar-refractivity contribution is 5.65. The molecule has 5 atom stereocenters. The highest BCUT2D eigenvalue weighted by Crippen LogP contribution is 2.32. The van der Waals surface area contributed by atoms with Crippen LogP contribution in [0.4, 0.5) is 0 Å². The van der Waals surface area contributed by atoms with Crippen LogP contribution >= 0.6 is 0 Å². The average Bonchev–Trinajstić information content (AvgIpc) is 2.73. The molecule has 0 aromatic heterocycles. The minimum absolute atomic E-state index is 0.00471. The number of allylic oxidation sites excluding steroid dienone is 1. The third-order valence-corrected chi connectivity index (χ3v) is 4.90. The lowest BCUT2D eigenvalue weighted by Gasteiger charge is -2.40. The lowest BCUT2D eigenvalue weighted by Crippen LogP contribution is -2.59. The second-order valence-electron chi connectivity index (χ2n) is 7.14. The van der Waals surface area contributed by atoms with Crippen molar-refractivity contribution in [1.82, 2.24) is 0 Å². The molecule has 1 aliphatic rings. The van der Waals surface area contributed by atoms with Gasteiger partial charge in [0, 0.05) is 6.42 Å². The van der Waals surface area contributed by atoms with E-state index >= 15 is 0 Å². The summed E-state index contributed by atoms with van der Waals surface area (Å²) in [4.78, 5) is 0. The van der Waals surface area contributed by atoms with Crippen molar-refractivity contribution in [3.63, 3.8) is 0 Å². The molecule has 31 heavy (non-hydrogen) atoms. The summed E-state index contributed by atoms with van der Waals surface area (Å²) < 4.78 is 11.0. The van der Waals surface area contributed by atoms with Gasteiger partial charge in [-0.1, -0.05) is 12.1 Å². The van der Waals surface area contributed by atoms with E-state index in [1.54, 1.807) is 0 Å². The number of aliphatic hydroxyl groups is 4. The molecule has 2 aromatic rings. The maximum Gasteiger partial charge on any atom is 0.228 e. The minimum atomic E-state index is -1.67. The first kappa shape index (κ1) is 22.7. The van der Waals surface area contributed by atoms with Gasteiger partial charge in [0.1, 0.15) is 41.7 Å². The van der Waals surface area contributed by atoms with Crippen molar-refractivity contribution >= 4 is 6.08 Å². The second kappa shape index (κ2) is 9.41. The molecule has 3 rings (SSSR count). The van der Waals surface area contributed by atoms with E-state index in [1.165, 1.54) is 42.5 Å². The molecule has 0 bridgehead atoms. The Morgan fingerprint density at radius 1 is 0.871 bits per heavy atom. The van der Waals surface area contributed by atoms with Crippen LogP contribution in [0.3, 0.4) is 0 Å². The van der Waals surface area contributed by atoms with Crippen LogP contribution in [0.1, 0.15) is 11.1 Å². The Hall–Kier alpha value is -3.02. The van der Waals surface area contributed by atoms with Gasteiger partial charge in [0.05, 0.1) is 12.2 Å². The van der Waals surface area contributed by atoms with Gasteiger partial charge in [-0.15, -0.1) is 0 Å². The number of aromatic hydroxyl groups is 4. The van der Waals surface area contributed by atoms with Crippen LogP contribution in [0.25, 0.3) is 6.08 Å². The van der Waals surface area contributed by atoms with Crippen molar-refractivity contribution in [2.45, 2.75) is 37.1 Å². The fourth-order valence-corrected chi connectivity index (χ4v) is 3.17. The molecule has 1 fully saturated rings. The number of benzene rings is 2. The lowest BCUT2D eigenvalue weighted by atomic mass is 9.99. The van der Waals surface area contributed by atoms with E-state index in [0.717, 1.165) is 0 Å². The molecule has 0 saturated carbocycles. The predicted octanol–water partition coefficient (Wildman–Crippen LogP) is -0.0909. The zero-order valence-corrected chi connectivity index (χ0v) is 16.2. The van der Waals surface area contributed by atoms with Gasteiger partial charge in [-0.05, 0) is 35.9 Å². The third-order valence-electron chi connectivity index (χ3n) is 4.90. The molecule has 0 radical (unpaired) electrons. The molecule has 1 saturated heterocycles. The number of phenols is 4. The highest BCUT2D eigenvalue weighted by atomic mass is 16.7. The standard InChI is InChI=1S/C21H24O10/c22-9-17-18(27)19(28)20(29)21(31-17)30-11(6-10-4-5-15(25)16(26)7-10)8-12-13(23)2-1-3-14(12)24/h1-5,7-8,17-29H,6,9H2/b11-8+/t17?,18-,19+,20?,21-/m1/s1. The number of hydrogen-bond donors (Lipinski definition) is 8. The fourth-order valence-electron chi connectivity index (χ4n) is 3.17. The first-order valence-electron chi connectivity index (χ1n) is 9.40. The zero-order chi connectivity index (χ0) is 22.7. The van der Waals surface area contributed by atoms with Gasteiger partial charge < -0.3 is 50.3 Å². The molecule has 10 heteroatoms. The maximum absolute atomic E-state index is 10.3. The average molecular weight is 436 g/mol. The molecule has 2 unspecified atom stereocenters. The zero-order valence-electron chi connectivity index (χ0n) is 16.2. The van der Waals surface area contributed by atoms with E-state index < -0.39 is 37.3 Å². The van der Waals surface area contributed by atoms with Crippen molar-refractivity contribution < 1.29 is 50.3 Å². The summed E-state index contributed by atoms with van der Waals surface area (Å²) in [7, 11) is 0. The summed E-state index contributed by atoms with van der Waals surface area (Å²) in [6, 6.07) is 8.12. The number of rotatable bonds is 6. The van der Waals surface area contributed by atoms with Crippen LogP contribution < -0.4 is 0 Å². The molecule has 0 spiro atoms. The summed E-state index contributed by atoms with van der Waals surface area (Å²) in [6.45, 7) is -0.643. The lowest BCUT2D eigenvalue weighted by molar-refractivity contribution is -0.291. The summed E-state index contributed by atoms with van der Waals surface area (Å²) >= 11 is 0. The molecule has 10 nitrogen and oxygen atoms in total. The van der Waals surface area contributed by atoms with Crippen LogP contribution in [-0.4, -0.2) is 78.2 Å². The van der Waals surface area contributed by atoms with Gasteiger partial charge in [-0.3, -0.25) is 0 Å². The Balaban J connectivity index is 1.95. The number of ether oxygens (including phenoxy) is 2. The fraction of sp³-hybridized carbons (Fsp3) is 0.333. The molecule has 1 aliphatic heterocycles. The van der Waals surface area contributed by atoms with Crippen molar-refractivity contribution in [2.24, 2.45) is 0 Å². The third kappa shape index (κ3) is 5.01. The summed E-state index contributed by atoms with van der Waals surface area (Å²) in [5, 5.41) is 78.9. The topological polar surface area (TPSA) is 180 Å². The second-order valence-corrected chi connectivity index (χ2v) is 7.14. The van der Waals surface area contributed by atoms with Gasteiger partial charge in [0.2, 0.25) is 6.29 Å². The Bertz CT molecular complexity index is 922. The van der Waals surface area contributed by atoms with Gasteiger partial charge in [0.25, 0.3) is 0 Å². The van der Waals surface area contributed by atoms with Gasteiger partial charge in [0.15, 0.2) is 11.5 Å². The molecule has 2 aromatic carbocycles. The monoisotopic (exact) mass is 436 g/mol. The molecule has 1 heterocycles. The van der Waals surface area contributed by atoms with Gasteiger partial charge >= 0.3 is 0 Å². The van der Waals surface area contributed by atoms with Gasteiger partial charge in [-0.2, -0.15) is 0 Å².